The number of nitriles is 1. The molecule has 0 saturated heterocycles. The summed E-state index contributed by atoms with van der Waals surface area (Å²) in [5.41, 5.74) is 1.35. The minimum atomic E-state index is -0.975. The molecule has 2 heterocycles. The zero-order chi connectivity index (χ0) is 19.0. The number of carbonyl (C=O) groups excluding carboxylic acids is 1. The lowest BCUT2D eigenvalue weighted by Crippen LogP contribution is -2.56. The van der Waals surface area contributed by atoms with E-state index in [0.717, 1.165) is 25.7 Å². The van der Waals surface area contributed by atoms with Crippen LogP contribution in [0.25, 0.3) is 0 Å². The average Bonchev–Trinajstić information content (AvgIpc) is 3.21. The van der Waals surface area contributed by atoms with E-state index in [2.05, 4.69) is 16.0 Å². The quantitative estimate of drug-likeness (QED) is 0.752. The van der Waals surface area contributed by atoms with Crippen molar-refractivity contribution in [1.82, 2.24) is 9.97 Å². The van der Waals surface area contributed by atoms with Crippen LogP contribution < -0.4 is 9.80 Å². The maximum Gasteiger partial charge on any atom is 0.257 e. The Kier molecular flexibility index (Phi) is 4.66. The van der Waals surface area contributed by atoms with Crippen molar-refractivity contribution in [2.45, 2.75) is 37.8 Å². The van der Waals surface area contributed by atoms with Crippen molar-refractivity contribution in [2.24, 2.45) is 0 Å². The number of hydrogen-bond acceptors (Lipinski definition) is 5. The molecule has 138 valence electrons. The second-order valence-electron chi connectivity index (χ2n) is 6.70. The predicted molar refractivity (Wildman–Crippen MR) is 99.8 cm³/mol. The molecular weight excluding hydrogens is 369 g/mol. The van der Waals surface area contributed by atoms with Gasteiger partial charge in [0.25, 0.3) is 5.91 Å². The van der Waals surface area contributed by atoms with E-state index in [1.165, 1.54) is 11.1 Å². The minimum absolute atomic E-state index is 0.0482. The lowest BCUT2D eigenvalue weighted by Gasteiger charge is -2.43. The molecule has 8 heteroatoms. The Hall–Kier alpha value is -2.72. The van der Waals surface area contributed by atoms with Gasteiger partial charge in [-0.1, -0.05) is 18.9 Å². The van der Waals surface area contributed by atoms with Crippen LogP contribution in [0.4, 0.5) is 21.6 Å². The zero-order valence-electron chi connectivity index (χ0n) is 14.5. The van der Waals surface area contributed by atoms with Crippen LogP contribution in [0, 0.1) is 11.3 Å². The molecule has 4 rings (SSSR count). The van der Waals surface area contributed by atoms with Crippen LogP contribution in [0.5, 0.6) is 0 Å². The van der Waals surface area contributed by atoms with Gasteiger partial charge in [-0.15, -0.1) is 0 Å². The molecular formula is C19H17ClFN5O. The lowest BCUT2D eigenvalue weighted by atomic mass is 10.0. The van der Waals surface area contributed by atoms with Gasteiger partial charge >= 0.3 is 0 Å². The van der Waals surface area contributed by atoms with Crippen LogP contribution in [0.1, 0.15) is 31.2 Å². The third kappa shape index (κ3) is 3.00. The molecule has 0 radical (unpaired) electrons. The Labute approximate surface area is 161 Å². The fourth-order valence-corrected chi connectivity index (χ4v) is 4.09. The molecule has 1 aromatic carbocycles. The van der Waals surface area contributed by atoms with Crippen LogP contribution in [0.15, 0.2) is 30.5 Å². The summed E-state index contributed by atoms with van der Waals surface area (Å²) in [5.74, 6) is 0.0735. The maximum atomic E-state index is 14.0. The van der Waals surface area contributed by atoms with Crippen molar-refractivity contribution >= 4 is 34.7 Å². The van der Waals surface area contributed by atoms with Crippen LogP contribution in [-0.4, -0.2) is 34.6 Å². The first kappa shape index (κ1) is 17.7. The minimum Gasteiger partial charge on any atom is -0.337 e. The van der Waals surface area contributed by atoms with E-state index in [-0.39, 0.29) is 11.3 Å². The molecule has 1 fully saturated rings. The standard InChI is InChI=1S/C19H17ClFN5O/c20-19-23-11-16-17(24-19)25(13-5-1-2-6-13)15(9-21)18(27)26(16)14-7-3-4-12(8-14)10-22/h3-4,7-8,11,13,15H,1-2,5-6,9H2. The second kappa shape index (κ2) is 7.12. The third-order valence-corrected chi connectivity index (χ3v) is 5.33. The smallest absolute Gasteiger partial charge is 0.257 e. The number of amides is 1. The molecule has 0 spiro atoms. The highest BCUT2D eigenvalue weighted by Gasteiger charge is 2.44. The molecule has 1 unspecified atom stereocenters. The Morgan fingerprint density at radius 2 is 2.11 bits per heavy atom. The molecule has 1 aromatic heterocycles. The molecule has 2 aliphatic rings. The summed E-state index contributed by atoms with van der Waals surface area (Å²) < 4.78 is 14.0. The topological polar surface area (TPSA) is 73.1 Å². The Morgan fingerprint density at radius 1 is 1.33 bits per heavy atom. The van der Waals surface area contributed by atoms with Gasteiger partial charge in [-0.3, -0.25) is 9.69 Å². The largest absolute Gasteiger partial charge is 0.337 e. The maximum absolute atomic E-state index is 14.0. The van der Waals surface area contributed by atoms with Crippen LogP contribution in [0.2, 0.25) is 5.28 Å². The fourth-order valence-electron chi connectivity index (χ4n) is 3.96. The van der Waals surface area contributed by atoms with Crippen LogP contribution >= 0.6 is 11.6 Å². The van der Waals surface area contributed by atoms with Crippen molar-refractivity contribution in [1.29, 1.82) is 5.26 Å². The van der Waals surface area contributed by atoms with Gasteiger partial charge in [0.1, 0.15) is 18.4 Å². The molecule has 1 atom stereocenters. The van der Waals surface area contributed by atoms with Crippen LogP contribution in [-0.2, 0) is 4.79 Å². The number of anilines is 3. The predicted octanol–water partition coefficient (Wildman–Crippen LogP) is 3.77. The van der Waals surface area contributed by atoms with E-state index >= 15 is 0 Å². The van der Waals surface area contributed by atoms with Gasteiger partial charge in [-0.25, -0.2) is 9.37 Å². The van der Waals surface area contributed by atoms with Gasteiger partial charge in [-0.05, 0) is 42.6 Å². The number of alkyl halides is 1. The molecule has 0 bridgehead atoms. The summed E-state index contributed by atoms with van der Waals surface area (Å²) in [5, 5.41) is 9.23. The summed E-state index contributed by atoms with van der Waals surface area (Å²) in [6.45, 7) is -0.829. The van der Waals surface area contributed by atoms with Gasteiger partial charge in [0, 0.05) is 6.04 Å². The number of carbonyl (C=O) groups is 1. The number of halogens is 2. The number of hydrogen-bond donors (Lipinski definition) is 0. The van der Waals surface area contributed by atoms with E-state index in [0.29, 0.717) is 22.8 Å². The molecule has 1 aliphatic carbocycles. The first-order valence-corrected chi connectivity index (χ1v) is 9.23. The number of benzene rings is 1. The number of fused-ring (bicyclic) bond motifs is 1. The number of aromatic nitrogens is 2. The molecule has 6 nitrogen and oxygen atoms in total. The first-order valence-electron chi connectivity index (χ1n) is 8.85. The van der Waals surface area contributed by atoms with E-state index in [1.54, 1.807) is 29.2 Å². The van der Waals surface area contributed by atoms with Crippen molar-refractivity contribution < 1.29 is 9.18 Å². The highest BCUT2D eigenvalue weighted by Crippen LogP contribution is 2.42. The highest BCUT2D eigenvalue weighted by atomic mass is 35.5. The van der Waals surface area contributed by atoms with Crippen LogP contribution in [0.3, 0.4) is 0 Å². The molecule has 2 aromatic rings. The van der Waals surface area contributed by atoms with Crippen molar-refractivity contribution in [3.8, 4) is 6.07 Å². The van der Waals surface area contributed by atoms with Gasteiger partial charge in [0.15, 0.2) is 5.82 Å². The lowest BCUT2D eigenvalue weighted by molar-refractivity contribution is -0.120. The number of nitrogens with zero attached hydrogens (tertiary/aromatic N) is 5. The van der Waals surface area contributed by atoms with Gasteiger partial charge in [0.2, 0.25) is 5.28 Å². The Bertz CT molecular complexity index is 925. The van der Waals surface area contributed by atoms with E-state index in [4.69, 9.17) is 11.6 Å². The summed E-state index contributed by atoms with van der Waals surface area (Å²) in [7, 11) is 0. The average molecular weight is 386 g/mol. The van der Waals surface area contributed by atoms with Gasteiger partial charge in [-0.2, -0.15) is 10.2 Å². The SMILES string of the molecule is N#Cc1cccc(N2C(=O)C(CF)N(C3CCCC3)c3nc(Cl)ncc32)c1. The van der Waals surface area contributed by atoms with Gasteiger partial charge < -0.3 is 4.90 Å². The zero-order valence-corrected chi connectivity index (χ0v) is 15.2. The van der Waals surface area contributed by atoms with Crippen molar-refractivity contribution in [2.75, 3.05) is 16.5 Å². The van der Waals surface area contributed by atoms with Gasteiger partial charge in [0.05, 0.1) is 23.5 Å². The third-order valence-electron chi connectivity index (χ3n) is 5.15. The van der Waals surface area contributed by atoms with E-state index < -0.39 is 18.6 Å². The highest BCUT2D eigenvalue weighted by molar-refractivity contribution is 6.28. The molecule has 0 N–H and O–H groups in total. The van der Waals surface area contributed by atoms with Crippen molar-refractivity contribution in [3.63, 3.8) is 0 Å². The summed E-state index contributed by atoms with van der Waals surface area (Å²) >= 11 is 6.03. The summed E-state index contributed by atoms with van der Waals surface area (Å²) in [4.78, 5) is 24.8. The number of rotatable bonds is 3. The molecule has 1 amide bonds. The fraction of sp³-hybridized carbons (Fsp3) is 0.368. The summed E-state index contributed by atoms with van der Waals surface area (Å²) in [6, 6.07) is 7.77. The molecule has 1 aliphatic heterocycles. The first-order chi connectivity index (χ1) is 13.1. The Morgan fingerprint density at radius 3 is 2.81 bits per heavy atom. The Balaban J connectivity index is 1.89. The molecule has 27 heavy (non-hydrogen) atoms. The van der Waals surface area contributed by atoms with E-state index in [1.807, 2.05) is 0 Å². The molecule has 1 saturated carbocycles. The monoisotopic (exact) mass is 385 g/mol. The summed E-state index contributed by atoms with van der Waals surface area (Å²) in [6.07, 6.45) is 5.33. The normalized spacial score (nSPS) is 19.9. The van der Waals surface area contributed by atoms with Crippen molar-refractivity contribution in [3.05, 3.63) is 41.3 Å². The second-order valence-corrected chi connectivity index (χ2v) is 7.04. The van der Waals surface area contributed by atoms with E-state index in [9.17, 15) is 14.4 Å².